The molecule has 2 aromatic rings. The Kier molecular flexibility index (Phi) is 6.21. The number of aryl methyl sites for hydroxylation is 1. The first-order chi connectivity index (χ1) is 10.5. The van der Waals surface area contributed by atoms with Gasteiger partial charge >= 0.3 is 0 Å². The molecule has 0 aliphatic carbocycles. The third-order valence-electron chi connectivity index (χ3n) is 2.92. The van der Waals surface area contributed by atoms with E-state index in [0.29, 0.717) is 40.2 Å². The number of anilines is 1. The normalized spacial score (nSPS) is 10.7. The third-order valence-corrected chi connectivity index (χ3v) is 3.89. The Morgan fingerprint density at radius 3 is 2.32 bits per heavy atom. The predicted octanol–water partition coefficient (Wildman–Crippen LogP) is 5.23. The third kappa shape index (κ3) is 5.66. The van der Waals surface area contributed by atoms with Gasteiger partial charge in [0.1, 0.15) is 0 Å². The van der Waals surface area contributed by atoms with E-state index in [4.69, 9.17) is 11.6 Å². The van der Waals surface area contributed by atoms with Crippen molar-refractivity contribution < 1.29 is 13.6 Å². The SMILES string of the molecule is O=C(CCc1ccc(Cl)cc1)Nc1ccc(SC(F)F)cc1. The van der Waals surface area contributed by atoms with Crippen molar-refractivity contribution >= 4 is 35.0 Å². The van der Waals surface area contributed by atoms with Crippen LogP contribution in [0.2, 0.25) is 5.02 Å². The van der Waals surface area contributed by atoms with Crippen LogP contribution in [0.3, 0.4) is 0 Å². The molecular formula is C16H14ClF2NOS. The Morgan fingerprint density at radius 1 is 1.09 bits per heavy atom. The van der Waals surface area contributed by atoms with Gasteiger partial charge in [-0.25, -0.2) is 0 Å². The van der Waals surface area contributed by atoms with Crippen molar-refractivity contribution in [2.75, 3.05) is 5.32 Å². The largest absolute Gasteiger partial charge is 0.326 e. The molecule has 0 saturated carbocycles. The Labute approximate surface area is 136 Å². The predicted molar refractivity (Wildman–Crippen MR) is 86.7 cm³/mol. The summed E-state index contributed by atoms with van der Waals surface area (Å²) in [5, 5.41) is 3.40. The summed E-state index contributed by atoms with van der Waals surface area (Å²) < 4.78 is 24.4. The van der Waals surface area contributed by atoms with Crippen LogP contribution in [0.25, 0.3) is 0 Å². The summed E-state index contributed by atoms with van der Waals surface area (Å²) in [6, 6.07) is 13.7. The molecule has 1 amide bonds. The van der Waals surface area contributed by atoms with Crippen LogP contribution in [0.1, 0.15) is 12.0 Å². The number of halogens is 3. The van der Waals surface area contributed by atoms with E-state index in [9.17, 15) is 13.6 Å². The summed E-state index contributed by atoms with van der Waals surface area (Å²) >= 11 is 6.28. The Bertz CT molecular complexity index is 617. The molecule has 2 rings (SSSR count). The first-order valence-corrected chi connectivity index (χ1v) is 7.88. The lowest BCUT2D eigenvalue weighted by atomic mass is 10.1. The highest BCUT2D eigenvalue weighted by Crippen LogP contribution is 2.26. The molecule has 2 aromatic carbocycles. The summed E-state index contributed by atoms with van der Waals surface area (Å²) in [4.78, 5) is 12.3. The molecule has 0 bridgehead atoms. The minimum Gasteiger partial charge on any atom is -0.326 e. The summed E-state index contributed by atoms with van der Waals surface area (Å²) in [5.41, 5.74) is 1.63. The molecule has 0 spiro atoms. The highest BCUT2D eigenvalue weighted by molar-refractivity contribution is 7.99. The van der Waals surface area contributed by atoms with Crippen LogP contribution in [-0.2, 0) is 11.2 Å². The molecule has 0 aromatic heterocycles. The van der Waals surface area contributed by atoms with Crippen LogP contribution in [0.5, 0.6) is 0 Å². The van der Waals surface area contributed by atoms with Crippen molar-refractivity contribution in [3.63, 3.8) is 0 Å². The minimum atomic E-state index is -2.44. The van der Waals surface area contributed by atoms with Crippen LogP contribution in [0, 0.1) is 0 Å². The number of benzene rings is 2. The standard InChI is InChI=1S/C16H14ClF2NOS/c17-12-4-1-11(2-5-12)3-10-15(21)20-13-6-8-14(9-7-13)22-16(18)19/h1-2,4-9,16H,3,10H2,(H,20,21). The van der Waals surface area contributed by atoms with E-state index in [1.54, 1.807) is 36.4 Å². The smallest absolute Gasteiger partial charge is 0.288 e. The Hall–Kier alpha value is -1.59. The van der Waals surface area contributed by atoms with Crippen LogP contribution < -0.4 is 5.32 Å². The van der Waals surface area contributed by atoms with Gasteiger partial charge in [0.2, 0.25) is 5.91 Å². The fourth-order valence-corrected chi connectivity index (χ4v) is 2.48. The topological polar surface area (TPSA) is 29.1 Å². The average molecular weight is 342 g/mol. The summed E-state index contributed by atoms with van der Waals surface area (Å²) in [6.07, 6.45) is 0.956. The zero-order valence-electron chi connectivity index (χ0n) is 11.6. The van der Waals surface area contributed by atoms with E-state index >= 15 is 0 Å². The van der Waals surface area contributed by atoms with Crippen molar-refractivity contribution in [3.8, 4) is 0 Å². The molecule has 0 saturated heterocycles. The second-order valence-electron chi connectivity index (χ2n) is 4.58. The van der Waals surface area contributed by atoms with Crippen molar-refractivity contribution in [1.82, 2.24) is 0 Å². The lowest BCUT2D eigenvalue weighted by Gasteiger charge is -2.06. The zero-order valence-corrected chi connectivity index (χ0v) is 13.1. The van der Waals surface area contributed by atoms with Crippen LogP contribution in [0.4, 0.5) is 14.5 Å². The quantitative estimate of drug-likeness (QED) is 0.729. The van der Waals surface area contributed by atoms with Gasteiger partial charge in [0.25, 0.3) is 5.76 Å². The van der Waals surface area contributed by atoms with Crippen molar-refractivity contribution in [2.45, 2.75) is 23.5 Å². The maximum absolute atomic E-state index is 12.2. The summed E-state index contributed by atoms with van der Waals surface area (Å²) in [5.74, 6) is -2.57. The number of hydrogen-bond donors (Lipinski definition) is 1. The highest BCUT2D eigenvalue weighted by Gasteiger charge is 2.06. The van der Waals surface area contributed by atoms with E-state index in [1.165, 1.54) is 0 Å². The number of alkyl halides is 2. The number of amides is 1. The molecule has 6 heteroatoms. The van der Waals surface area contributed by atoms with Crippen molar-refractivity contribution in [2.24, 2.45) is 0 Å². The molecule has 0 unspecified atom stereocenters. The van der Waals surface area contributed by atoms with Gasteiger partial charge in [-0.1, -0.05) is 35.5 Å². The molecule has 116 valence electrons. The Balaban J connectivity index is 1.82. The number of hydrogen-bond acceptors (Lipinski definition) is 2. The average Bonchev–Trinajstić information content (AvgIpc) is 2.48. The van der Waals surface area contributed by atoms with E-state index < -0.39 is 5.76 Å². The van der Waals surface area contributed by atoms with E-state index in [2.05, 4.69) is 5.32 Å². The number of thioether (sulfide) groups is 1. The van der Waals surface area contributed by atoms with Gasteiger partial charge in [0.05, 0.1) is 0 Å². The number of carbonyl (C=O) groups excluding carboxylic acids is 1. The van der Waals surface area contributed by atoms with Crippen LogP contribution in [-0.4, -0.2) is 11.7 Å². The molecule has 0 heterocycles. The second-order valence-corrected chi connectivity index (χ2v) is 6.08. The van der Waals surface area contributed by atoms with E-state index in [0.717, 1.165) is 5.56 Å². The van der Waals surface area contributed by atoms with Gasteiger partial charge in [0, 0.05) is 22.0 Å². The van der Waals surface area contributed by atoms with Gasteiger partial charge in [-0.2, -0.15) is 8.78 Å². The monoisotopic (exact) mass is 341 g/mol. The lowest BCUT2D eigenvalue weighted by molar-refractivity contribution is -0.116. The number of carbonyl (C=O) groups is 1. The molecule has 0 atom stereocenters. The molecule has 0 radical (unpaired) electrons. The fourth-order valence-electron chi connectivity index (χ4n) is 1.85. The summed E-state index contributed by atoms with van der Waals surface area (Å²) in [7, 11) is 0. The lowest BCUT2D eigenvalue weighted by Crippen LogP contribution is -2.12. The maximum Gasteiger partial charge on any atom is 0.288 e. The molecule has 0 fully saturated rings. The zero-order chi connectivity index (χ0) is 15.9. The molecule has 2 nitrogen and oxygen atoms in total. The van der Waals surface area contributed by atoms with Crippen molar-refractivity contribution in [3.05, 3.63) is 59.1 Å². The molecular weight excluding hydrogens is 328 g/mol. The van der Waals surface area contributed by atoms with Gasteiger partial charge in [-0.05, 0) is 48.4 Å². The molecule has 22 heavy (non-hydrogen) atoms. The van der Waals surface area contributed by atoms with Gasteiger partial charge < -0.3 is 5.32 Å². The first-order valence-electron chi connectivity index (χ1n) is 6.62. The summed E-state index contributed by atoms with van der Waals surface area (Å²) in [6.45, 7) is 0. The van der Waals surface area contributed by atoms with E-state index in [1.807, 2.05) is 12.1 Å². The highest BCUT2D eigenvalue weighted by atomic mass is 35.5. The second kappa shape index (κ2) is 8.15. The Morgan fingerprint density at radius 2 is 1.73 bits per heavy atom. The van der Waals surface area contributed by atoms with Crippen molar-refractivity contribution in [1.29, 1.82) is 0 Å². The maximum atomic E-state index is 12.2. The first kappa shape index (κ1) is 16.8. The van der Waals surface area contributed by atoms with E-state index in [-0.39, 0.29) is 5.91 Å². The molecule has 0 aliphatic heterocycles. The van der Waals surface area contributed by atoms with Crippen LogP contribution in [0.15, 0.2) is 53.4 Å². The number of rotatable bonds is 6. The molecule has 0 aliphatic rings. The minimum absolute atomic E-state index is 0.121. The fraction of sp³-hybridized carbons (Fsp3) is 0.188. The number of nitrogens with one attached hydrogen (secondary N) is 1. The van der Waals surface area contributed by atoms with Gasteiger partial charge in [0.15, 0.2) is 0 Å². The van der Waals surface area contributed by atoms with Gasteiger partial charge in [-0.3, -0.25) is 4.79 Å². The van der Waals surface area contributed by atoms with Gasteiger partial charge in [-0.15, -0.1) is 0 Å². The van der Waals surface area contributed by atoms with Crippen LogP contribution >= 0.6 is 23.4 Å². The molecule has 1 N–H and O–H groups in total.